The molecule has 0 aliphatic heterocycles. The molecule has 6 nitrogen and oxygen atoms in total. The Labute approximate surface area is 181 Å². The van der Waals surface area contributed by atoms with Crippen LogP contribution >= 0.6 is 0 Å². The molecule has 0 aliphatic carbocycles. The van der Waals surface area contributed by atoms with Gasteiger partial charge in [-0.2, -0.15) is 4.31 Å². The van der Waals surface area contributed by atoms with E-state index < -0.39 is 16.1 Å². The van der Waals surface area contributed by atoms with Crippen LogP contribution < -0.4 is 5.56 Å². The highest BCUT2D eigenvalue weighted by molar-refractivity contribution is 7.89. The molecule has 158 valence electrons. The van der Waals surface area contributed by atoms with E-state index in [1.165, 1.54) is 15.9 Å². The minimum absolute atomic E-state index is 0.196. The number of rotatable bonds is 5. The van der Waals surface area contributed by atoms with Crippen molar-refractivity contribution in [1.29, 1.82) is 0 Å². The van der Waals surface area contributed by atoms with Gasteiger partial charge in [0.05, 0.1) is 27.5 Å². The van der Waals surface area contributed by atoms with Gasteiger partial charge < -0.3 is 0 Å². The van der Waals surface area contributed by atoms with Crippen molar-refractivity contribution in [2.75, 3.05) is 7.05 Å². The Morgan fingerprint density at radius 2 is 1.52 bits per heavy atom. The number of benzene rings is 3. The Hall–Kier alpha value is -3.29. The molecule has 1 heterocycles. The van der Waals surface area contributed by atoms with Crippen molar-refractivity contribution in [3.63, 3.8) is 0 Å². The summed E-state index contributed by atoms with van der Waals surface area (Å²) < 4.78 is 29.3. The predicted molar refractivity (Wildman–Crippen MR) is 122 cm³/mol. The van der Waals surface area contributed by atoms with Crippen LogP contribution in [0.5, 0.6) is 0 Å². The molecule has 0 bridgehead atoms. The Kier molecular flexibility index (Phi) is 5.47. The van der Waals surface area contributed by atoms with Gasteiger partial charge in [0.25, 0.3) is 5.56 Å². The molecule has 1 aromatic heterocycles. The summed E-state index contributed by atoms with van der Waals surface area (Å²) in [4.78, 5) is 18.3. The highest BCUT2D eigenvalue weighted by Gasteiger charge is 2.30. The normalized spacial score (nSPS) is 12.9. The summed E-state index contributed by atoms with van der Waals surface area (Å²) in [5.74, 6) is 0.355. The molecule has 1 unspecified atom stereocenters. The predicted octanol–water partition coefficient (Wildman–Crippen LogP) is 4.08. The van der Waals surface area contributed by atoms with Crippen molar-refractivity contribution >= 4 is 20.9 Å². The number of hydrogen-bond donors (Lipinski definition) is 0. The van der Waals surface area contributed by atoms with Crippen molar-refractivity contribution in [2.24, 2.45) is 0 Å². The van der Waals surface area contributed by atoms with Gasteiger partial charge >= 0.3 is 0 Å². The first-order valence-electron chi connectivity index (χ1n) is 9.92. The van der Waals surface area contributed by atoms with Crippen LogP contribution in [0.15, 0.2) is 88.6 Å². The molecule has 0 N–H and O–H groups in total. The molecule has 0 fully saturated rings. The van der Waals surface area contributed by atoms with Crippen LogP contribution in [0.25, 0.3) is 16.6 Å². The van der Waals surface area contributed by atoms with Gasteiger partial charge in [-0.3, -0.25) is 9.36 Å². The quantitative estimate of drug-likeness (QED) is 0.476. The first kappa shape index (κ1) is 21.0. The maximum atomic E-state index is 13.4. The summed E-state index contributed by atoms with van der Waals surface area (Å²) in [6.07, 6.45) is 0. The zero-order chi connectivity index (χ0) is 22.2. The van der Waals surface area contributed by atoms with Gasteiger partial charge in [0, 0.05) is 7.05 Å². The second kappa shape index (κ2) is 8.09. The van der Waals surface area contributed by atoms with Gasteiger partial charge in [-0.1, -0.05) is 48.0 Å². The number of fused-ring (bicyclic) bond motifs is 1. The van der Waals surface area contributed by atoms with Crippen molar-refractivity contribution in [3.05, 3.63) is 101 Å². The van der Waals surface area contributed by atoms with E-state index in [1.54, 1.807) is 49.4 Å². The van der Waals surface area contributed by atoms with Crippen LogP contribution in [0.3, 0.4) is 0 Å². The molecule has 0 spiro atoms. The van der Waals surface area contributed by atoms with Crippen molar-refractivity contribution in [1.82, 2.24) is 13.9 Å². The van der Waals surface area contributed by atoms with Crippen molar-refractivity contribution in [2.45, 2.75) is 24.8 Å². The molecule has 0 amide bonds. The second-order valence-electron chi connectivity index (χ2n) is 7.47. The van der Waals surface area contributed by atoms with E-state index in [2.05, 4.69) is 0 Å². The fourth-order valence-corrected chi connectivity index (χ4v) is 4.83. The Morgan fingerprint density at radius 3 is 2.19 bits per heavy atom. The van der Waals surface area contributed by atoms with Crippen LogP contribution in [-0.2, 0) is 10.0 Å². The lowest BCUT2D eigenvalue weighted by Gasteiger charge is -2.26. The lowest BCUT2D eigenvalue weighted by atomic mass is 10.2. The van der Waals surface area contributed by atoms with Crippen LogP contribution in [0.2, 0.25) is 0 Å². The highest BCUT2D eigenvalue weighted by atomic mass is 32.2. The van der Waals surface area contributed by atoms with Crippen LogP contribution in [0.1, 0.15) is 24.4 Å². The summed E-state index contributed by atoms with van der Waals surface area (Å²) in [6.45, 7) is 3.64. The molecule has 31 heavy (non-hydrogen) atoms. The first-order chi connectivity index (χ1) is 14.8. The van der Waals surface area contributed by atoms with Crippen LogP contribution in [0.4, 0.5) is 0 Å². The molecule has 0 aliphatic rings. The molecule has 3 aromatic carbocycles. The van der Waals surface area contributed by atoms with E-state index in [9.17, 15) is 13.2 Å². The Balaban J connectivity index is 1.90. The smallest absolute Gasteiger partial charge is 0.266 e. The third kappa shape index (κ3) is 3.78. The molecule has 4 aromatic rings. The highest BCUT2D eigenvalue weighted by Crippen LogP contribution is 2.27. The van der Waals surface area contributed by atoms with Crippen LogP contribution in [-0.4, -0.2) is 29.3 Å². The summed E-state index contributed by atoms with van der Waals surface area (Å²) in [5.41, 5.74) is 1.90. The van der Waals surface area contributed by atoms with Crippen LogP contribution in [0, 0.1) is 6.92 Å². The molecule has 1 atom stereocenters. The number of aryl methyl sites for hydroxylation is 1. The second-order valence-corrected chi connectivity index (χ2v) is 9.47. The summed E-state index contributed by atoms with van der Waals surface area (Å²) in [7, 11) is -2.28. The van der Waals surface area contributed by atoms with Gasteiger partial charge in [0.2, 0.25) is 10.0 Å². The van der Waals surface area contributed by atoms with E-state index >= 15 is 0 Å². The molecular formula is C24H23N3O3S. The molecule has 0 saturated heterocycles. The molecule has 0 radical (unpaired) electrons. The lowest BCUT2D eigenvalue weighted by Crippen LogP contribution is -2.34. The van der Waals surface area contributed by atoms with Gasteiger partial charge in [-0.25, -0.2) is 13.4 Å². The maximum absolute atomic E-state index is 13.4. The van der Waals surface area contributed by atoms with E-state index in [-0.39, 0.29) is 10.5 Å². The van der Waals surface area contributed by atoms with Crippen molar-refractivity contribution < 1.29 is 8.42 Å². The zero-order valence-electron chi connectivity index (χ0n) is 17.6. The van der Waals surface area contributed by atoms with E-state index in [1.807, 2.05) is 43.3 Å². The number of hydrogen-bond acceptors (Lipinski definition) is 4. The maximum Gasteiger partial charge on any atom is 0.266 e. The number of para-hydroxylation sites is 2. The van der Waals surface area contributed by atoms with Gasteiger partial charge in [0.1, 0.15) is 5.82 Å². The minimum atomic E-state index is -3.79. The fourth-order valence-electron chi connectivity index (χ4n) is 3.50. The third-order valence-electron chi connectivity index (χ3n) is 5.43. The number of aromatic nitrogens is 2. The van der Waals surface area contributed by atoms with Gasteiger partial charge in [-0.15, -0.1) is 0 Å². The van der Waals surface area contributed by atoms with Gasteiger partial charge in [-0.05, 0) is 50.2 Å². The summed E-state index contributed by atoms with van der Waals surface area (Å²) in [5, 5.41) is 0.478. The average Bonchev–Trinajstić information content (AvgIpc) is 2.79. The number of nitrogens with zero attached hydrogens (tertiary/aromatic N) is 3. The number of sulfonamides is 1. The monoisotopic (exact) mass is 433 g/mol. The lowest BCUT2D eigenvalue weighted by molar-refractivity contribution is 0.379. The SMILES string of the molecule is Cc1ccc(S(=O)(=O)N(C)C(C)c2nc3ccccc3c(=O)n2-c2ccccc2)cc1. The van der Waals surface area contributed by atoms with E-state index in [0.29, 0.717) is 22.4 Å². The van der Waals surface area contributed by atoms with Crippen molar-refractivity contribution in [3.8, 4) is 5.69 Å². The summed E-state index contributed by atoms with van der Waals surface area (Å²) in [6, 6.07) is 22.2. The molecule has 7 heteroatoms. The van der Waals surface area contributed by atoms with E-state index in [0.717, 1.165) is 5.56 Å². The Bertz CT molecular complexity index is 1400. The van der Waals surface area contributed by atoms with E-state index in [4.69, 9.17) is 4.98 Å². The molecule has 0 saturated carbocycles. The third-order valence-corrected chi connectivity index (χ3v) is 7.38. The topological polar surface area (TPSA) is 72.3 Å². The standard InChI is InChI=1S/C24H23N3O3S/c1-17-13-15-20(16-14-17)31(29,30)26(3)18(2)23-25-22-12-8-7-11-21(22)24(28)27(23)19-9-5-4-6-10-19/h4-16,18H,1-3H3. The van der Waals surface area contributed by atoms with Gasteiger partial charge in [0.15, 0.2) is 0 Å². The zero-order valence-corrected chi connectivity index (χ0v) is 18.4. The Morgan fingerprint density at radius 1 is 0.903 bits per heavy atom. The minimum Gasteiger partial charge on any atom is -0.268 e. The fraction of sp³-hybridized carbons (Fsp3) is 0.167. The average molecular weight is 434 g/mol. The molecular weight excluding hydrogens is 410 g/mol. The summed E-state index contributed by atoms with van der Waals surface area (Å²) >= 11 is 0. The largest absolute Gasteiger partial charge is 0.268 e. The molecule has 4 rings (SSSR count). The first-order valence-corrected chi connectivity index (χ1v) is 11.4.